The molecule has 0 spiro atoms. The third-order valence-electron chi connectivity index (χ3n) is 5.20. The summed E-state index contributed by atoms with van der Waals surface area (Å²) < 4.78 is 46.7. The van der Waals surface area contributed by atoms with Gasteiger partial charge in [0.25, 0.3) is 0 Å². The van der Waals surface area contributed by atoms with Gasteiger partial charge in [0.1, 0.15) is 17.2 Å². The van der Waals surface area contributed by atoms with Crippen LogP contribution >= 0.6 is 0 Å². The highest BCUT2D eigenvalue weighted by atomic mass is 19.4. The number of amides is 1. The fourth-order valence-electron chi connectivity index (χ4n) is 3.77. The van der Waals surface area contributed by atoms with Crippen LogP contribution in [0.1, 0.15) is 38.3 Å². The highest BCUT2D eigenvalue weighted by Crippen LogP contribution is 2.27. The normalized spacial score (nSPS) is 16.8. The molecule has 0 radical (unpaired) electrons. The van der Waals surface area contributed by atoms with E-state index in [4.69, 9.17) is 9.84 Å². The molecule has 194 valence electrons. The maximum atomic E-state index is 13.1. The molecule has 36 heavy (non-hydrogen) atoms. The minimum absolute atomic E-state index is 0.249. The van der Waals surface area contributed by atoms with E-state index in [-0.39, 0.29) is 11.8 Å². The number of likely N-dealkylation sites (tertiary alicyclic amines) is 1. The number of anilines is 1. The molecular formula is C25H28F3N3O5. The van der Waals surface area contributed by atoms with Crippen molar-refractivity contribution in [3.8, 4) is 5.75 Å². The topological polar surface area (TPSA) is 92.2 Å². The number of hydrogen-bond acceptors (Lipinski definition) is 6. The van der Waals surface area contributed by atoms with Crippen LogP contribution in [0.4, 0.5) is 23.8 Å². The Morgan fingerprint density at radius 1 is 1.17 bits per heavy atom. The summed E-state index contributed by atoms with van der Waals surface area (Å²) in [5.74, 6) is -0.991. The summed E-state index contributed by atoms with van der Waals surface area (Å²) in [6, 6.07) is 8.74. The van der Waals surface area contributed by atoms with Crippen molar-refractivity contribution in [1.82, 2.24) is 9.88 Å². The van der Waals surface area contributed by atoms with Gasteiger partial charge in [-0.15, -0.1) is 13.2 Å². The molecule has 2 heterocycles. The average molecular weight is 508 g/mol. The van der Waals surface area contributed by atoms with Crippen molar-refractivity contribution in [2.75, 3.05) is 18.0 Å². The first kappa shape index (κ1) is 27.0. The van der Waals surface area contributed by atoms with Gasteiger partial charge in [-0.2, -0.15) is 0 Å². The van der Waals surface area contributed by atoms with Gasteiger partial charge in [-0.05, 0) is 68.7 Å². The van der Waals surface area contributed by atoms with Gasteiger partial charge >= 0.3 is 18.4 Å². The van der Waals surface area contributed by atoms with Crippen molar-refractivity contribution >= 4 is 24.0 Å². The smallest absolute Gasteiger partial charge is 0.478 e. The molecule has 1 aromatic heterocycles. The Kier molecular flexibility index (Phi) is 8.24. The first-order valence-electron chi connectivity index (χ1n) is 11.3. The van der Waals surface area contributed by atoms with E-state index in [1.54, 1.807) is 45.0 Å². The number of carboxylic acid groups (broad SMARTS) is 1. The minimum Gasteiger partial charge on any atom is -0.478 e. The zero-order chi connectivity index (χ0) is 26.5. The van der Waals surface area contributed by atoms with Gasteiger partial charge in [0, 0.05) is 31.9 Å². The molecule has 0 saturated carbocycles. The van der Waals surface area contributed by atoms with E-state index >= 15 is 0 Å². The number of carbonyl (C=O) groups is 2. The summed E-state index contributed by atoms with van der Waals surface area (Å²) >= 11 is 0. The molecule has 1 saturated heterocycles. The van der Waals surface area contributed by atoms with Gasteiger partial charge in [-0.3, -0.25) is 9.80 Å². The predicted octanol–water partition coefficient (Wildman–Crippen LogP) is 5.09. The fourth-order valence-corrected chi connectivity index (χ4v) is 3.77. The molecule has 0 aliphatic carbocycles. The molecule has 0 bridgehead atoms. The first-order chi connectivity index (χ1) is 16.8. The number of halogens is 3. The quantitative estimate of drug-likeness (QED) is 0.522. The number of aliphatic carboxylic acids is 1. The zero-order valence-electron chi connectivity index (χ0n) is 20.2. The predicted molar refractivity (Wildman–Crippen MR) is 126 cm³/mol. The summed E-state index contributed by atoms with van der Waals surface area (Å²) in [4.78, 5) is 31.8. The molecule has 1 aliphatic rings. The lowest BCUT2D eigenvalue weighted by Crippen LogP contribution is -2.45. The summed E-state index contributed by atoms with van der Waals surface area (Å²) in [7, 11) is 0. The molecule has 3 rings (SSSR count). The molecule has 1 amide bonds. The van der Waals surface area contributed by atoms with Crippen LogP contribution in [0.15, 0.2) is 48.7 Å². The Morgan fingerprint density at radius 3 is 2.42 bits per heavy atom. The monoisotopic (exact) mass is 507 g/mol. The number of aromatic nitrogens is 1. The van der Waals surface area contributed by atoms with E-state index in [1.165, 1.54) is 29.3 Å². The summed E-state index contributed by atoms with van der Waals surface area (Å²) in [6.07, 6.45) is -0.782. The van der Waals surface area contributed by atoms with Crippen LogP contribution in [0.2, 0.25) is 0 Å². The number of ether oxygens (including phenoxy) is 2. The first-order valence-corrected chi connectivity index (χ1v) is 11.3. The second-order valence-electron chi connectivity index (χ2n) is 9.34. The molecule has 11 heteroatoms. The summed E-state index contributed by atoms with van der Waals surface area (Å²) in [5, 5.41) is 8.80. The third kappa shape index (κ3) is 8.26. The zero-order valence-corrected chi connectivity index (χ0v) is 20.2. The maximum Gasteiger partial charge on any atom is 0.573 e. The van der Waals surface area contributed by atoms with E-state index in [1.807, 2.05) is 0 Å². The van der Waals surface area contributed by atoms with Crippen LogP contribution < -0.4 is 9.64 Å². The molecule has 1 atom stereocenters. The van der Waals surface area contributed by atoms with Crippen LogP contribution in [0.3, 0.4) is 0 Å². The highest BCUT2D eigenvalue weighted by molar-refractivity contribution is 5.88. The summed E-state index contributed by atoms with van der Waals surface area (Å²) in [6.45, 7) is 6.94. The van der Waals surface area contributed by atoms with E-state index in [0.717, 1.165) is 11.6 Å². The van der Waals surface area contributed by atoms with Gasteiger partial charge in [0.05, 0.1) is 6.04 Å². The van der Waals surface area contributed by atoms with Crippen LogP contribution in [0, 0.1) is 0 Å². The largest absolute Gasteiger partial charge is 0.573 e. The molecule has 1 aliphatic heterocycles. The average Bonchev–Trinajstić information content (AvgIpc) is 3.20. The highest BCUT2D eigenvalue weighted by Gasteiger charge is 2.35. The number of pyridine rings is 1. The van der Waals surface area contributed by atoms with Gasteiger partial charge in [-0.25, -0.2) is 14.6 Å². The van der Waals surface area contributed by atoms with Gasteiger partial charge in [-0.1, -0.05) is 12.1 Å². The van der Waals surface area contributed by atoms with Crippen molar-refractivity contribution in [3.63, 3.8) is 0 Å². The Bertz CT molecular complexity index is 1080. The van der Waals surface area contributed by atoms with Crippen LogP contribution in [0.25, 0.3) is 6.08 Å². The lowest BCUT2D eigenvalue weighted by atomic mass is 10.2. The molecule has 1 aromatic carbocycles. The Labute approximate surface area is 206 Å². The number of hydrogen-bond donors (Lipinski definition) is 1. The number of carbonyl (C=O) groups excluding carboxylic acids is 1. The van der Waals surface area contributed by atoms with Gasteiger partial charge in [0.2, 0.25) is 0 Å². The third-order valence-corrected chi connectivity index (χ3v) is 5.20. The second kappa shape index (κ2) is 11.0. The van der Waals surface area contributed by atoms with Crippen LogP contribution in [-0.2, 0) is 16.1 Å². The fraction of sp³-hybridized carbons (Fsp3) is 0.400. The number of carboxylic acids is 1. The SMILES string of the molecule is CC(C)(C)OC(=O)N(c1ccc(C=CC(=O)O)cn1)[C@@H]1CCN(Cc2ccc(OC(F)(F)F)cc2)C1. The van der Waals surface area contributed by atoms with Crippen molar-refractivity contribution in [2.45, 2.75) is 51.7 Å². The Morgan fingerprint density at radius 2 is 1.86 bits per heavy atom. The van der Waals surface area contributed by atoms with Crippen LogP contribution in [-0.4, -0.2) is 58.1 Å². The van der Waals surface area contributed by atoms with E-state index in [9.17, 15) is 22.8 Å². The Balaban J connectivity index is 1.73. The van der Waals surface area contributed by atoms with E-state index < -0.39 is 24.0 Å². The standard InChI is InChI=1S/C25H28F3N3O5/c1-24(2,3)36-23(34)31(21-10-6-17(14-29-21)7-11-22(32)33)19-12-13-30(16-19)15-18-4-8-20(9-5-18)35-25(26,27)28/h4-11,14,19H,12-13,15-16H2,1-3H3,(H,32,33)/t19-/m1/s1. The van der Waals surface area contributed by atoms with Crippen molar-refractivity contribution < 1.29 is 37.3 Å². The molecule has 2 aromatic rings. The summed E-state index contributed by atoms with van der Waals surface area (Å²) in [5.41, 5.74) is 0.649. The minimum atomic E-state index is -4.74. The number of nitrogens with zero attached hydrogens (tertiary/aromatic N) is 3. The van der Waals surface area contributed by atoms with Gasteiger partial charge < -0.3 is 14.6 Å². The van der Waals surface area contributed by atoms with E-state index in [0.29, 0.717) is 37.4 Å². The second-order valence-corrected chi connectivity index (χ2v) is 9.34. The Hall–Kier alpha value is -3.60. The number of alkyl halides is 3. The van der Waals surface area contributed by atoms with Crippen molar-refractivity contribution in [3.05, 3.63) is 59.8 Å². The molecule has 0 unspecified atom stereocenters. The molecule has 8 nitrogen and oxygen atoms in total. The van der Waals surface area contributed by atoms with Gasteiger partial charge in [0.15, 0.2) is 0 Å². The molecule has 1 N–H and O–H groups in total. The number of rotatable bonds is 7. The van der Waals surface area contributed by atoms with Crippen molar-refractivity contribution in [2.24, 2.45) is 0 Å². The molecular weight excluding hydrogens is 479 g/mol. The van der Waals surface area contributed by atoms with Crippen LogP contribution in [0.5, 0.6) is 5.75 Å². The van der Waals surface area contributed by atoms with E-state index in [2.05, 4.69) is 14.6 Å². The van der Waals surface area contributed by atoms with Crippen molar-refractivity contribution in [1.29, 1.82) is 0 Å². The molecule has 1 fully saturated rings. The number of benzene rings is 1. The lowest BCUT2D eigenvalue weighted by Gasteiger charge is -2.31. The maximum absolute atomic E-state index is 13.1. The lowest BCUT2D eigenvalue weighted by molar-refractivity contribution is -0.274.